The molecule has 1 aromatic carbocycles. The van der Waals surface area contributed by atoms with Crippen molar-refractivity contribution in [3.8, 4) is 0 Å². The molecule has 0 unspecified atom stereocenters. The molecular weight excluding hydrogens is 384 g/mol. The van der Waals surface area contributed by atoms with Crippen LogP contribution in [0.4, 0.5) is 4.79 Å². The van der Waals surface area contributed by atoms with Gasteiger partial charge in [0.25, 0.3) is 0 Å². The van der Waals surface area contributed by atoms with Gasteiger partial charge < -0.3 is 14.5 Å². The van der Waals surface area contributed by atoms with E-state index in [1.165, 1.54) is 11.1 Å². The van der Waals surface area contributed by atoms with Crippen LogP contribution in [0.25, 0.3) is 0 Å². The third-order valence-electron chi connectivity index (χ3n) is 4.20. The molecule has 1 heterocycles. The Bertz CT molecular complexity index is 632. The number of benzene rings is 1. The van der Waals surface area contributed by atoms with Crippen LogP contribution in [0.3, 0.4) is 0 Å². The van der Waals surface area contributed by atoms with Crippen molar-refractivity contribution < 1.29 is 14.3 Å². The fraction of sp³-hybridized carbons (Fsp3) is 0.579. The first-order chi connectivity index (χ1) is 11.7. The van der Waals surface area contributed by atoms with Crippen LogP contribution in [0, 0.1) is 6.92 Å². The summed E-state index contributed by atoms with van der Waals surface area (Å²) in [6.45, 7) is 9.81. The maximum absolute atomic E-state index is 12.5. The van der Waals surface area contributed by atoms with E-state index < -0.39 is 5.60 Å². The Morgan fingerprint density at radius 1 is 1.12 bits per heavy atom. The number of carbonyl (C=O) groups excluding carboxylic acids is 2. The summed E-state index contributed by atoms with van der Waals surface area (Å²) in [6, 6.07) is 6.14. The Labute approximate surface area is 158 Å². The minimum absolute atomic E-state index is 0.142. The van der Waals surface area contributed by atoms with Gasteiger partial charge in [-0.3, -0.25) is 4.79 Å². The highest BCUT2D eigenvalue weighted by Crippen LogP contribution is 2.18. The van der Waals surface area contributed by atoms with Crippen LogP contribution in [-0.4, -0.2) is 53.6 Å². The Morgan fingerprint density at radius 3 is 2.32 bits per heavy atom. The van der Waals surface area contributed by atoms with Crippen molar-refractivity contribution in [2.45, 2.75) is 46.1 Å². The van der Waals surface area contributed by atoms with Crippen molar-refractivity contribution in [3.05, 3.63) is 33.8 Å². The predicted molar refractivity (Wildman–Crippen MR) is 102 cm³/mol. The Morgan fingerprint density at radius 2 is 1.72 bits per heavy atom. The molecular formula is C19H27BrN2O3. The summed E-state index contributed by atoms with van der Waals surface area (Å²) >= 11 is 3.48. The van der Waals surface area contributed by atoms with Crippen LogP contribution in [0.1, 0.15) is 38.3 Å². The van der Waals surface area contributed by atoms with E-state index in [2.05, 4.69) is 35.0 Å². The number of carbonyl (C=O) groups is 2. The van der Waals surface area contributed by atoms with Crippen molar-refractivity contribution in [1.82, 2.24) is 9.80 Å². The third-order valence-corrected chi connectivity index (χ3v) is 4.70. The summed E-state index contributed by atoms with van der Waals surface area (Å²) in [7, 11) is 0. The first-order valence-corrected chi connectivity index (χ1v) is 9.46. The molecule has 0 N–H and O–H groups in total. The predicted octanol–water partition coefficient (Wildman–Crippen LogP) is 3.77. The summed E-state index contributed by atoms with van der Waals surface area (Å²) in [5.74, 6) is 0.142. The highest BCUT2D eigenvalue weighted by atomic mass is 79.9. The number of aryl methyl sites for hydroxylation is 2. The molecule has 1 fully saturated rings. The van der Waals surface area contributed by atoms with Crippen LogP contribution in [0.5, 0.6) is 0 Å². The van der Waals surface area contributed by atoms with Gasteiger partial charge in [0.2, 0.25) is 5.91 Å². The van der Waals surface area contributed by atoms with E-state index in [9.17, 15) is 9.59 Å². The SMILES string of the molecule is Cc1ccc(Br)cc1CCC(=O)N1CCN(C(=O)OC(C)(C)C)CC1. The Hall–Kier alpha value is -1.56. The van der Waals surface area contributed by atoms with Crippen molar-refractivity contribution >= 4 is 27.9 Å². The maximum atomic E-state index is 12.5. The van der Waals surface area contributed by atoms with Gasteiger partial charge in [-0.2, -0.15) is 0 Å². The Kier molecular flexibility index (Phi) is 6.49. The molecule has 25 heavy (non-hydrogen) atoms. The van der Waals surface area contributed by atoms with Crippen LogP contribution >= 0.6 is 15.9 Å². The maximum Gasteiger partial charge on any atom is 0.410 e. The van der Waals surface area contributed by atoms with Gasteiger partial charge >= 0.3 is 6.09 Å². The Balaban J connectivity index is 1.81. The number of nitrogens with zero attached hydrogens (tertiary/aromatic N) is 2. The zero-order valence-corrected chi connectivity index (χ0v) is 17.1. The van der Waals surface area contributed by atoms with E-state index in [4.69, 9.17) is 4.74 Å². The fourth-order valence-electron chi connectivity index (χ4n) is 2.77. The van der Waals surface area contributed by atoms with Crippen LogP contribution < -0.4 is 0 Å². The molecule has 0 aromatic heterocycles. The average molecular weight is 411 g/mol. The molecule has 0 saturated carbocycles. The zero-order valence-electron chi connectivity index (χ0n) is 15.5. The lowest BCUT2D eigenvalue weighted by Gasteiger charge is -2.35. The summed E-state index contributed by atoms with van der Waals surface area (Å²) < 4.78 is 6.42. The number of ether oxygens (including phenoxy) is 1. The van der Waals surface area contributed by atoms with Crippen molar-refractivity contribution in [3.63, 3.8) is 0 Å². The van der Waals surface area contributed by atoms with E-state index in [-0.39, 0.29) is 12.0 Å². The van der Waals surface area contributed by atoms with Crippen LogP contribution in [0.2, 0.25) is 0 Å². The van der Waals surface area contributed by atoms with E-state index in [1.807, 2.05) is 31.7 Å². The number of hydrogen-bond donors (Lipinski definition) is 0. The molecule has 0 atom stereocenters. The molecule has 6 heteroatoms. The van der Waals surface area contributed by atoms with Gasteiger partial charge in [-0.05, 0) is 57.4 Å². The van der Waals surface area contributed by atoms with Gasteiger partial charge in [-0.1, -0.05) is 22.0 Å². The molecule has 1 aromatic rings. The summed E-state index contributed by atoms with van der Waals surface area (Å²) in [6.07, 6.45) is 0.921. The molecule has 0 spiro atoms. The van der Waals surface area contributed by atoms with Crippen LogP contribution in [-0.2, 0) is 16.0 Å². The molecule has 0 aliphatic carbocycles. The van der Waals surface area contributed by atoms with E-state index in [1.54, 1.807) is 4.90 Å². The highest BCUT2D eigenvalue weighted by Gasteiger charge is 2.27. The van der Waals surface area contributed by atoms with Gasteiger partial charge in [0.05, 0.1) is 0 Å². The lowest BCUT2D eigenvalue weighted by molar-refractivity contribution is -0.132. The van der Waals surface area contributed by atoms with Crippen molar-refractivity contribution in [2.24, 2.45) is 0 Å². The lowest BCUT2D eigenvalue weighted by Crippen LogP contribution is -2.51. The second-order valence-electron chi connectivity index (χ2n) is 7.42. The first kappa shape index (κ1) is 19.8. The molecule has 138 valence electrons. The highest BCUT2D eigenvalue weighted by molar-refractivity contribution is 9.10. The number of hydrogen-bond acceptors (Lipinski definition) is 3. The van der Waals surface area contributed by atoms with Crippen LogP contribution in [0.15, 0.2) is 22.7 Å². The minimum atomic E-state index is -0.494. The number of halogens is 1. The molecule has 1 aliphatic heterocycles. The molecule has 5 nitrogen and oxygen atoms in total. The van der Waals surface area contributed by atoms with Gasteiger partial charge in [-0.25, -0.2) is 4.79 Å². The first-order valence-electron chi connectivity index (χ1n) is 8.66. The normalized spacial score (nSPS) is 15.2. The topological polar surface area (TPSA) is 49.9 Å². The van der Waals surface area contributed by atoms with Crippen molar-refractivity contribution in [2.75, 3.05) is 26.2 Å². The summed E-state index contributed by atoms with van der Waals surface area (Å²) in [5.41, 5.74) is 1.90. The molecule has 0 radical (unpaired) electrons. The number of rotatable bonds is 3. The fourth-order valence-corrected chi connectivity index (χ4v) is 3.18. The second kappa shape index (κ2) is 8.21. The van der Waals surface area contributed by atoms with Crippen molar-refractivity contribution in [1.29, 1.82) is 0 Å². The molecule has 2 amide bonds. The monoisotopic (exact) mass is 410 g/mol. The van der Waals surface area contributed by atoms with Gasteiger partial charge in [0.1, 0.15) is 5.60 Å². The third kappa shape index (κ3) is 6.03. The van der Waals surface area contributed by atoms with Gasteiger partial charge in [0.15, 0.2) is 0 Å². The average Bonchev–Trinajstić information content (AvgIpc) is 2.54. The largest absolute Gasteiger partial charge is 0.444 e. The van der Waals surface area contributed by atoms with Gasteiger partial charge in [-0.15, -0.1) is 0 Å². The quantitative estimate of drug-likeness (QED) is 0.761. The zero-order chi connectivity index (χ0) is 18.6. The van der Waals surface area contributed by atoms with E-state index in [0.717, 1.165) is 10.9 Å². The summed E-state index contributed by atoms with van der Waals surface area (Å²) in [4.78, 5) is 28.0. The second-order valence-corrected chi connectivity index (χ2v) is 8.33. The standard InChI is InChI=1S/C19H27BrN2O3/c1-14-5-7-16(20)13-15(14)6-8-17(23)21-9-11-22(12-10-21)18(24)25-19(2,3)4/h5,7,13H,6,8-12H2,1-4H3. The molecule has 1 aliphatic rings. The molecule has 2 rings (SSSR count). The van der Waals surface area contributed by atoms with Gasteiger partial charge in [0, 0.05) is 37.1 Å². The number of amides is 2. The lowest BCUT2D eigenvalue weighted by atomic mass is 10.0. The van der Waals surface area contributed by atoms with E-state index in [0.29, 0.717) is 32.6 Å². The minimum Gasteiger partial charge on any atom is -0.444 e. The molecule has 1 saturated heterocycles. The number of piperazine rings is 1. The molecule has 0 bridgehead atoms. The summed E-state index contributed by atoms with van der Waals surface area (Å²) in [5, 5.41) is 0. The van der Waals surface area contributed by atoms with E-state index >= 15 is 0 Å². The smallest absolute Gasteiger partial charge is 0.410 e.